The molecule has 0 aliphatic rings. The molecule has 8 nitrogen and oxygen atoms in total. The zero-order valence-electron chi connectivity index (χ0n) is 12.4. The van der Waals surface area contributed by atoms with Gasteiger partial charge in [0.05, 0.1) is 11.9 Å². The maximum atomic E-state index is 12.2. The molecule has 3 rings (SSSR count). The smallest absolute Gasteiger partial charge is 0.321 e. The number of carbonyl (C=O) groups excluding carboxylic acids is 2. The van der Waals surface area contributed by atoms with E-state index in [1.54, 1.807) is 24.3 Å². The highest BCUT2D eigenvalue weighted by Gasteiger charge is 2.12. The summed E-state index contributed by atoms with van der Waals surface area (Å²) in [6, 6.07) is 9.82. The SMILES string of the molecule is O=C(Cn1nnc2ccccc2c1=O)NC(=O)NCc1cccs1. The van der Waals surface area contributed by atoms with Gasteiger partial charge in [0, 0.05) is 4.88 Å². The normalized spacial score (nSPS) is 10.5. The Morgan fingerprint density at radius 1 is 1.17 bits per heavy atom. The largest absolute Gasteiger partial charge is 0.333 e. The molecular formula is C15H13N5O3S. The summed E-state index contributed by atoms with van der Waals surface area (Å²) in [5.41, 5.74) is 0.0163. The van der Waals surface area contributed by atoms with E-state index >= 15 is 0 Å². The van der Waals surface area contributed by atoms with Crippen molar-refractivity contribution in [1.82, 2.24) is 25.6 Å². The van der Waals surface area contributed by atoms with Gasteiger partial charge in [0.1, 0.15) is 12.1 Å². The van der Waals surface area contributed by atoms with Gasteiger partial charge in [0.25, 0.3) is 5.56 Å². The molecule has 3 aromatic rings. The van der Waals surface area contributed by atoms with Crippen molar-refractivity contribution >= 4 is 34.2 Å². The molecule has 0 fully saturated rings. The van der Waals surface area contributed by atoms with Crippen molar-refractivity contribution in [2.75, 3.05) is 0 Å². The number of aromatic nitrogens is 3. The topological polar surface area (TPSA) is 106 Å². The molecule has 0 bridgehead atoms. The van der Waals surface area contributed by atoms with E-state index in [4.69, 9.17) is 0 Å². The summed E-state index contributed by atoms with van der Waals surface area (Å²) in [4.78, 5) is 36.7. The van der Waals surface area contributed by atoms with Gasteiger partial charge >= 0.3 is 6.03 Å². The number of nitrogens with one attached hydrogen (secondary N) is 2. The number of urea groups is 1. The number of amides is 3. The minimum Gasteiger partial charge on any atom is -0.333 e. The van der Waals surface area contributed by atoms with Gasteiger partial charge in [-0.25, -0.2) is 9.48 Å². The van der Waals surface area contributed by atoms with Crippen LogP contribution in [0.25, 0.3) is 10.9 Å². The Labute approximate surface area is 140 Å². The van der Waals surface area contributed by atoms with Crippen LogP contribution in [0.4, 0.5) is 4.79 Å². The predicted molar refractivity (Wildman–Crippen MR) is 88.5 cm³/mol. The molecule has 3 amide bonds. The van der Waals surface area contributed by atoms with Crippen molar-refractivity contribution in [3.8, 4) is 0 Å². The van der Waals surface area contributed by atoms with Crippen LogP contribution in [0.15, 0.2) is 46.6 Å². The average Bonchev–Trinajstić information content (AvgIpc) is 3.09. The summed E-state index contributed by atoms with van der Waals surface area (Å²) < 4.78 is 0.921. The van der Waals surface area contributed by atoms with Crippen molar-refractivity contribution in [3.63, 3.8) is 0 Å². The van der Waals surface area contributed by atoms with Gasteiger partial charge in [0.15, 0.2) is 0 Å². The van der Waals surface area contributed by atoms with Crippen LogP contribution in [-0.4, -0.2) is 26.9 Å². The Balaban J connectivity index is 1.61. The van der Waals surface area contributed by atoms with Crippen molar-refractivity contribution < 1.29 is 9.59 Å². The van der Waals surface area contributed by atoms with Crippen LogP contribution in [0, 0.1) is 0 Å². The first-order valence-electron chi connectivity index (χ1n) is 7.06. The monoisotopic (exact) mass is 343 g/mol. The third-order valence-electron chi connectivity index (χ3n) is 3.18. The van der Waals surface area contributed by atoms with Gasteiger partial charge in [-0.15, -0.1) is 16.4 Å². The second-order valence-corrected chi connectivity index (χ2v) is 5.91. The Morgan fingerprint density at radius 2 is 2.00 bits per heavy atom. The third kappa shape index (κ3) is 3.63. The van der Waals surface area contributed by atoms with Gasteiger partial charge < -0.3 is 5.32 Å². The number of hydrogen-bond acceptors (Lipinski definition) is 6. The van der Waals surface area contributed by atoms with E-state index in [-0.39, 0.29) is 6.54 Å². The van der Waals surface area contributed by atoms with Gasteiger partial charge in [-0.3, -0.25) is 14.9 Å². The number of nitrogens with zero attached hydrogens (tertiary/aromatic N) is 3. The van der Waals surface area contributed by atoms with Crippen LogP contribution < -0.4 is 16.2 Å². The van der Waals surface area contributed by atoms with E-state index in [0.29, 0.717) is 17.4 Å². The molecular weight excluding hydrogens is 330 g/mol. The second-order valence-electron chi connectivity index (χ2n) is 4.88. The molecule has 2 aromatic heterocycles. The molecule has 0 spiro atoms. The van der Waals surface area contributed by atoms with Crippen molar-refractivity contribution in [1.29, 1.82) is 0 Å². The van der Waals surface area contributed by atoms with E-state index in [2.05, 4.69) is 20.9 Å². The van der Waals surface area contributed by atoms with Gasteiger partial charge in [-0.1, -0.05) is 23.4 Å². The number of benzene rings is 1. The first kappa shape index (κ1) is 15.8. The Bertz CT molecular complexity index is 936. The minimum atomic E-state index is -0.648. The highest BCUT2D eigenvalue weighted by Crippen LogP contribution is 2.07. The molecule has 0 atom stereocenters. The third-order valence-corrected chi connectivity index (χ3v) is 4.06. The van der Waals surface area contributed by atoms with E-state index in [1.165, 1.54) is 11.3 Å². The summed E-state index contributed by atoms with van der Waals surface area (Å²) in [5, 5.41) is 14.6. The molecule has 9 heteroatoms. The first-order chi connectivity index (χ1) is 11.6. The van der Waals surface area contributed by atoms with Gasteiger partial charge in [0.2, 0.25) is 5.91 Å². The number of carbonyl (C=O) groups is 2. The molecule has 0 unspecified atom stereocenters. The van der Waals surface area contributed by atoms with Crippen LogP contribution >= 0.6 is 11.3 Å². The average molecular weight is 343 g/mol. The Hall–Kier alpha value is -3.07. The van der Waals surface area contributed by atoms with E-state index < -0.39 is 17.5 Å². The lowest BCUT2D eigenvalue weighted by Crippen LogP contribution is -2.42. The minimum absolute atomic E-state index is 0.326. The summed E-state index contributed by atoms with van der Waals surface area (Å²) >= 11 is 1.50. The summed E-state index contributed by atoms with van der Waals surface area (Å²) in [6.45, 7) is -0.0599. The zero-order valence-corrected chi connectivity index (χ0v) is 13.2. The standard InChI is InChI=1S/C15H13N5O3S/c21-13(17-15(23)16-8-10-4-3-7-24-10)9-20-14(22)11-5-1-2-6-12(11)18-19-20/h1-7H,8-9H2,(H2,16,17,21,23). The van der Waals surface area contributed by atoms with Crippen LogP contribution in [0.1, 0.15) is 4.88 Å². The number of rotatable bonds is 4. The quantitative estimate of drug-likeness (QED) is 0.731. The molecule has 2 N–H and O–H groups in total. The van der Waals surface area contributed by atoms with Crippen molar-refractivity contribution in [2.45, 2.75) is 13.1 Å². The van der Waals surface area contributed by atoms with Gasteiger partial charge in [-0.05, 0) is 23.6 Å². The molecule has 0 saturated carbocycles. The predicted octanol–water partition coefficient (Wildman–Crippen LogP) is 0.879. The zero-order chi connectivity index (χ0) is 16.9. The van der Waals surface area contributed by atoms with Crippen LogP contribution in [0.2, 0.25) is 0 Å². The molecule has 2 heterocycles. The maximum Gasteiger partial charge on any atom is 0.321 e. The summed E-state index contributed by atoms with van der Waals surface area (Å²) in [7, 11) is 0. The van der Waals surface area contributed by atoms with E-state index in [1.807, 2.05) is 17.5 Å². The molecule has 1 aromatic carbocycles. The molecule has 0 radical (unpaired) electrons. The highest BCUT2D eigenvalue weighted by molar-refractivity contribution is 7.09. The van der Waals surface area contributed by atoms with E-state index in [9.17, 15) is 14.4 Å². The van der Waals surface area contributed by atoms with Crippen molar-refractivity contribution in [3.05, 3.63) is 57.0 Å². The fraction of sp³-hybridized carbons (Fsp3) is 0.133. The number of fused-ring (bicyclic) bond motifs is 1. The van der Waals surface area contributed by atoms with Crippen molar-refractivity contribution in [2.24, 2.45) is 0 Å². The lowest BCUT2D eigenvalue weighted by Gasteiger charge is -2.07. The fourth-order valence-electron chi connectivity index (χ4n) is 2.05. The Morgan fingerprint density at radius 3 is 2.79 bits per heavy atom. The van der Waals surface area contributed by atoms with Crippen LogP contribution in [-0.2, 0) is 17.9 Å². The lowest BCUT2D eigenvalue weighted by atomic mass is 10.2. The summed E-state index contributed by atoms with van der Waals surface area (Å²) in [6.07, 6.45) is 0. The van der Waals surface area contributed by atoms with Crippen LogP contribution in [0.5, 0.6) is 0 Å². The summed E-state index contributed by atoms with van der Waals surface area (Å²) in [5.74, 6) is -0.648. The second kappa shape index (κ2) is 7.01. The molecule has 0 aliphatic heterocycles. The molecule has 0 saturated heterocycles. The highest BCUT2D eigenvalue weighted by atomic mass is 32.1. The molecule has 24 heavy (non-hydrogen) atoms. The number of imide groups is 1. The maximum absolute atomic E-state index is 12.2. The number of hydrogen-bond donors (Lipinski definition) is 2. The lowest BCUT2D eigenvalue weighted by molar-refractivity contribution is -0.120. The Kier molecular flexibility index (Phi) is 4.62. The van der Waals surface area contributed by atoms with E-state index in [0.717, 1.165) is 9.56 Å². The fourth-order valence-corrected chi connectivity index (χ4v) is 2.70. The number of thiophene rings is 1. The molecule has 122 valence electrons. The first-order valence-corrected chi connectivity index (χ1v) is 7.94. The van der Waals surface area contributed by atoms with Crippen LogP contribution in [0.3, 0.4) is 0 Å². The van der Waals surface area contributed by atoms with Gasteiger partial charge in [-0.2, -0.15) is 0 Å². The molecule has 0 aliphatic carbocycles.